The Hall–Kier alpha value is -0.500. The van der Waals surface area contributed by atoms with E-state index in [1.807, 2.05) is 0 Å². The van der Waals surface area contributed by atoms with E-state index in [2.05, 4.69) is 4.99 Å². The van der Waals surface area contributed by atoms with Gasteiger partial charge in [0.1, 0.15) is 5.17 Å². The molecule has 0 aliphatic rings. The average molecular weight is 133 g/mol. The van der Waals surface area contributed by atoms with Crippen molar-refractivity contribution < 1.29 is 0 Å². The number of allylic oxidation sites excluding steroid dienone is 2. The van der Waals surface area contributed by atoms with Crippen LogP contribution in [0, 0.1) is 0 Å². The number of halogens is 1. The lowest BCUT2D eigenvalue weighted by molar-refractivity contribution is 1.32. The van der Waals surface area contributed by atoms with E-state index in [1.165, 1.54) is 0 Å². The fourth-order valence-electron chi connectivity index (χ4n) is 0.252. The molecule has 0 spiro atoms. The van der Waals surface area contributed by atoms with E-state index in [1.54, 1.807) is 20.0 Å². The molecule has 46 valence electrons. The van der Waals surface area contributed by atoms with Crippen molar-refractivity contribution in [1.82, 2.24) is 0 Å². The van der Waals surface area contributed by atoms with Crippen LogP contribution in [0.4, 0.5) is 0 Å². The molecule has 0 saturated carbocycles. The lowest BCUT2D eigenvalue weighted by Crippen LogP contribution is -1.92. The molecule has 0 aromatic heterocycles. The summed E-state index contributed by atoms with van der Waals surface area (Å²) < 4.78 is 0. The van der Waals surface area contributed by atoms with Crippen molar-refractivity contribution in [3.05, 3.63) is 11.8 Å². The Morgan fingerprint density at radius 1 is 1.75 bits per heavy atom. The molecular formula is C5H9ClN2. The quantitative estimate of drug-likeness (QED) is 0.534. The number of nitrogens with two attached hydrogens (primary N) is 1. The van der Waals surface area contributed by atoms with Gasteiger partial charge in [-0.05, 0) is 13.0 Å². The second-order valence-electron chi connectivity index (χ2n) is 1.43. The third kappa shape index (κ3) is 3.68. The average Bonchev–Trinajstić information content (AvgIpc) is 1.65. The minimum Gasteiger partial charge on any atom is -0.402 e. The van der Waals surface area contributed by atoms with Gasteiger partial charge in [-0.3, -0.25) is 4.99 Å². The van der Waals surface area contributed by atoms with Crippen molar-refractivity contribution in [3.8, 4) is 0 Å². The summed E-state index contributed by atoms with van der Waals surface area (Å²) in [5.74, 6) is 0. The van der Waals surface area contributed by atoms with Gasteiger partial charge in [-0.1, -0.05) is 11.6 Å². The monoisotopic (exact) mass is 132 g/mol. The van der Waals surface area contributed by atoms with Gasteiger partial charge >= 0.3 is 0 Å². The maximum Gasteiger partial charge on any atom is 0.124 e. The molecule has 2 nitrogen and oxygen atoms in total. The van der Waals surface area contributed by atoms with Crippen LogP contribution in [0.15, 0.2) is 16.8 Å². The van der Waals surface area contributed by atoms with Crippen molar-refractivity contribution >= 4 is 16.8 Å². The van der Waals surface area contributed by atoms with Crippen molar-refractivity contribution in [2.24, 2.45) is 10.7 Å². The molecule has 0 fully saturated rings. The lowest BCUT2D eigenvalue weighted by atomic mass is 10.5. The largest absolute Gasteiger partial charge is 0.402 e. The highest BCUT2D eigenvalue weighted by molar-refractivity contribution is 6.68. The first kappa shape index (κ1) is 7.50. The predicted molar refractivity (Wildman–Crippen MR) is 37.2 cm³/mol. The Kier molecular flexibility index (Phi) is 3.28. The topological polar surface area (TPSA) is 38.4 Å². The van der Waals surface area contributed by atoms with Gasteiger partial charge in [0.25, 0.3) is 0 Å². The Labute approximate surface area is 54.0 Å². The molecule has 2 N–H and O–H groups in total. The molecule has 0 atom stereocenters. The molecule has 0 aromatic rings. The second-order valence-corrected chi connectivity index (χ2v) is 1.82. The molecule has 0 heterocycles. The van der Waals surface area contributed by atoms with E-state index < -0.39 is 0 Å². The molecule has 0 unspecified atom stereocenters. The Bertz CT molecular complexity index is 122. The minimum atomic E-state index is 0.435. The number of nitrogens with zero attached hydrogens (tertiary/aromatic N) is 1. The van der Waals surface area contributed by atoms with Crippen molar-refractivity contribution in [2.45, 2.75) is 6.92 Å². The van der Waals surface area contributed by atoms with E-state index in [0.29, 0.717) is 10.9 Å². The molecule has 0 aliphatic heterocycles. The summed E-state index contributed by atoms with van der Waals surface area (Å²) in [5, 5.41) is 0.435. The van der Waals surface area contributed by atoms with Crippen LogP contribution in [-0.4, -0.2) is 12.2 Å². The molecule has 0 rings (SSSR count). The molecule has 3 heteroatoms. The van der Waals surface area contributed by atoms with E-state index in [0.717, 1.165) is 0 Å². The molecule has 0 saturated heterocycles. The molecule has 0 aliphatic carbocycles. The zero-order chi connectivity index (χ0) is 6.57. The van der Waals surface area contributed by atoms with Gasteiger partial charge in [0, 0.05) is 12.7 Å². The summed E-state index contributed by atoms with van der Waals surface area (Å²) >= 11 is 5.45. The van der Waals surface area contributed by atoms with Gasteiger partial charge < -0.3 is 5.73 Å². The van der Waals surface area contributed by atoms with E-state index in [9.17, 15) is 0 Å². The number of rotatable bonds is 1. The first-order valence-electron chi connectivity index (χ1n) is 2.23. The molecule has 0 bridgehead atoms. The fourth-order valence-corrected chi connectivity index (χ4v) is 0.425. The summed E-state index contributed by atoms with van der Waals surface area (Å²) in [7, 11) is 1.61. The third-order valence-electron chi connectivity index (χ3n) is 0.560. The van der Waals surface area contributed by atoms with Gasteiger partial charge in [0.15, 0.2) is 0 Å². The highest BCUT2D eigenvalue weighted by Gasteiger charge is 1.82. The molecule has 0 aromatic carbocycles. The van der Waals surface area contributed by atoms with Crippen molar-refractivity contribution in [3.63, 3.8) is 0 Å². The van der Waals surface area contributed by atoms with Gasteiger partial charge in [0.05, 0.1) is 0 Å². The highest BCUT2D eigenvalue weighted by atomic mass is 35.5. The number of aliphatic imine (C=N–C) groups is 1. The van der Waals surface area contributed by atoms with Crippen LogP contribution >= 0.6 is 11.6 Å². The summed E-state index contributed by atoms with van der Waals surface area (Å²) in [6.45, 7) is 1.76. The van der Waals surface area contributed by atoms with E-state index in [-0.39, 0.29) is 0 Å². The third-order valence-corrected chi connectivity index (χ3v) is 0.839. The second kappa shape index (κ2) is 3.50. The highest BCUT2D eigenvalue weighted by Crippen LogP contribution is 1.88. The standard InChI is InChI=1S/C5H9ClN2/c1-4(7)3-5(6)8-2/h3H,7H2,1-2H3. The maximum absolute atomic E-state index is 5.45. The Balaban J connectivity index is 3.89. The van der Waals surface area contributed by atoms with E-state index >= 15 is 0 Å². The normalized spacial score (nSPS) is 14.4. The van der Waals surface area contributed by atoms with Crippen LogP contribution in [0.2, 0.25) is 0 Å². The van der Waals surface area contributed by atoms with Crippen LogP contribution < -0.4 is 5.73 Å². The van der Waals surface area contributed by atoms with Crippen LogP contribution in [0.1, 0.15) is 6.92 Å². The van der Waals surface area contributed by atoms with Gasteiger partial charge in [-0.15, -0.1) is 0 Å². The summed E-state index contributed by atoms with van der Waals surface area (Å²) in [6, 6.07) is 0. The summed E-state index contributed by atoms with van der Waals surface area (Å²) in [5.41, 5.74) is 5.93. The predicted octanol–water partition coefficient (Wildman–Crippen LogP) is 1.12. The lowest BCUT2D eigenvalue weighted by Gasteiger charge is -1.85. The van der Waals surface area contributed by atoms with E-state index in [4.69, 9.17) is 17.3 Å². The van der Waals surface area contributed by atoms with Crippen LogP contribution in [0.25, 0.3) is 0 Å². The fraction of sp³-hybridized carbons (Fsp3) is 0.400. The summed E-state index contributed by atoms with van der Waals surface area (Å²) in [4.78, 5) is 3.65. The van der Waals surface area contributed by atoms with Crippen LogP contribution in [-0.2, 0) is 0 Å². The zero-order valence-corrected chi connectivity index (χ0v) is 5.74. The minimum absolute atomic E-state index is 0.435. The number of hydrogen-bond acceptors (Lipinski definition) is 2. The van der Waals surface area contributed by atoms with Gasteiger partial charge in [0.2, 0.25) is 0 Å². The summed E-state index contributed by atoms with van der Waals surface area (Å²) in [6.07, 6.45) is 1.60. The Morgan fingerprint density at radius 2 is 2.25 bits per heavy atom. The van der Waals surface area contributed by atoms with Crippen LogP contribution in [0.5, 0.6) is 0 Å². The van der Waals surface area contributed by atoms with Crippen LogP contribution in [0.3, 0.4) is 0 Å². The van der Waals surface area contributed by atoms with Gasteiger partial charge in [-0.2, -0.15) is 0 Å². The van der Waals surface area contributed by atoms with Crippen molar-refractivity contribution in [2.75, 3.05) is 7.05 Å². The van der Waals surface area contributed by atoms with Crippen molar-refractivity contribution in [1.29, 1.82) is 0 Å². The SMILES string of the molecule is CN=C(Cl)C=C(C)N. The molecule has 8 heavy (non-hydrogen) atoms. The molecule has 0 radical (unpaired) electrons. The number of hydrogen-bond donors (Lipinski definition) is 1. The molecular weight excluding hydrogens is 124 g/mol. The Morgan fingerprint density at radius 3 is 2.38 bits per heavy atom. The zero-order valence-electron chi connectivity index (χ0n) is 4.98. The maximum atomic E-state index is 5.45. The first-order chi connectivity index (χ1) is 3.66. The first-order valence-corrected chi connectivity index (χ1v) is 2.60. The van der Waals surface area contributed by atoms with Gasteiger partial charge in [-0.25, -0.2) is 0 Å². The smallest absolute Gasteiger partial charge is 0.124 e. The molecule has 0 amide bonds.